The summed E-state index contributed by atoms with van der Waals surface area (Å²) in [5.74, 6) is 0. The Morgan fingerprint density at radius 3 is 2.20 bits per heavy atom. The molecule has 2 N–H and O–H groups in total. The number of benzene rings is 1. The number of amides is 2. The van der Waals surface area contributed by atoms with Crippen molar-refractivity contribution in [1.29, 1.82) is 0 Å². The van der Waals surface area contributed by atoms with Crippen LogP contribution in [0.3, 0.4) is 0 Å². The van der Waals surface area contributed by atoms with Gasteiger partial charge in [-0.25, -0.2) is 4.79 Å². The van der Waals surface area contributed by atoms with Crippen molar-refractivity contribution in [1.82, 2.24) is 15.5 Å². The van der Waals surface area contributed by atoms with Gasteiger partial charge >= 0.3 is 6.03 Å². The Hall–Kier alpha value is -1.55. The standard InChI is InChI=1S/C21H31N3O/c25-21(22-17-9-5-2-6-10-17)23-18-13-19-11-12-20(14-18)24(19)15-16-7-3-1-4-8-16/h1,3-4,7-8,17-20H,2,5-6,9-15H2,(H2,22,23,25)/t18?,19-,20+. The van der Waals surface area contributed by atoms with Crippen LogP contribution in [0, 0.1) is 0 Å². The van der Waals surface area contributed by atoms with Gasteiger partial charge in [-0.2, -0.15) is 0 Å². The lowest BCUT2D eigenvalue weighted by Gasteiger charge is -2.39. The molecule has 3 aliphatic rings. The van der Waals surface area contributed by atoms with E-state index >= 15 is 0 Å². The summed E-state index contributed by atoms with van der Waals surface area (Å²) in [6, 6.07) is 12.8. The Morgan fingerprint density at radius 2 is 1.52 bits per heavy atom. The molecule has 2 bridgehead atoms. The molecule has 0 radical (unpaired) electrons. The second-order valence-corrected chi connectivity index (χ2v) is 8.16. The van der Waals surface area contributed by atoms with Crippen LogP contribution in [0.5, 0.6) is 0 Å². The van der Waals surface area contributed by atoms with E-state index in [-0.39, 0.29) is 6.03 Å². The summed E-state index contributed by atoms with van der Waals surface area (Å²) in [4.78, 5) is 15.0. The molecule has 2 amide bonds. The van der Waals surface area contributed by atoms with E-state index in [0.717, 1.165) is 32.2 Å². The molecule has 1 aromatic rings. The normalized spacial score (nSPS) is 30.2. The number of carbonyl (C=O) groups is 1. The maximum absolute atomic E-state index is 12.3. The van der Waals surface area contributed by atoms with E-state index in [1.54, 1.807) is 0 Å². The summed E-state index contributed by atoms with van der Waals surface area (Å²) >= 11 is 0. The highest BCUT2D eigenvalue weighted by molar-refractivity contribution is 5.74. The van der Waals surface area contributed by atoms with E-state index in [2.05, 4.69) is 45.9 Å². The van der Waals surface area contributed by atoms with Gasteiger partial charge in [-0.15, -0.1) is 0 Å². The molecule has 4 nitrogen and oxygen atoms in total. The molecule has 0 spiro atoms. The molecule has 25 heavy (non-hydrogen) atoms. The van der Waals surface area contributed by atoms with Crippen molar-refractivity contribution in [2.75, 3.05) is 0 Å². The fourth-order valence-electron chi connectivity index (χ4n) is 5.10. The quantitative estimate of drug-likeness (QED) is 0.874. The molecule has 0 aromatic heterocycles. The van der Waals surface area contributed by atoms with Crippen molar-refractivity contribution in [2.45, 2.75) is 88.5 Å². The number of nitrogens with one attached hydrogen (secondary N) is 2. The number of fused-ring (bicyclic) bond motifs is 2. The zero-order chi connectivity index (χ0) is 17.1. The van der Waals surface area contributed by atoms with Crippen LogP contribution < -0.4 is 10.6 Å². The molecule has 1 aliphatic carbocycles. The number of hydrogen-bond acceptors (Lipinski definition) is 2. The summed E-state index contributed by atoms with van der Waals surface area (Å²) in [6.07, 6.45) is 10.9. The Morgan fingerprint density at radius 1 is 0.880 bits per heavy atom. The van der Waals surface area contributed by atoms with E-state index in [9.17, 15) is 4.79 Å². The Labute approximate surface area is 151 Å². The first-order chi connectivity index (χ1) is 12.3. The number of piperidine rings is 1. The monoisotopic (exact) mass is 341 g/mol. The summed E-state index contributed by atoms with van der Waals surface area (Å²) in [6.45, 7) is 1.05. The number of rotatable bonds is 4. The van der Waals surface area contributed by atoms with E-state index < -0.39 is 0 Å². The minimum Gasteiger partial charge on any atom is -0.335 e. The van der Waals surface area contributed by atoms with Gasteiger partial charge in [0.2, 0.25) is 0 Å². The van der Waals surface area contributed by atoms with Crippen molar-refractivity contribution in [3.8, 4) is 0 Å². The van der Waals surface area contributed by atoms with Crippen LogP contribution in [0.2, 0.25) is 0 Å². The molecule has 3 fully saturated rings. The van der Waals surface area contributed by atoms with Crippen molar-refractivity contribution in [2.24, 2.45) is 0 Å². The summed E-state index contributed by atoms with van der Waals surface area (Å²) < 4.78 is 0. The zero-order valence-electron chi connectivity index (χ0n) is 15.1. The highest BCUT2D eigenvalue weighted by atomic mass is 16.2. The third-order valence-corrected chi connectivity index (χ3v) is 6.37. The average molecular weight is 341 g/mol. The number of carbonyl (C=O) groups excluding carboxylic acids is 1. The maximum atomic E-state index is 12.3. The molecule has 2 aliphatic heterocycles. The first-order valence-corrected chi connectivity index (χ1v) is 10.1. The Kier molecular flexibility index (Phi) is 5.25. The number of urea groups is 1. The smallest absolute Gasteiger partial charge is 0.315 e. The van der Waals surface area contributed by atoms with E-state index in [0.29, 0.717) is 24.2 Å². The Balaban J connectivity index is 1.28. The SMILES string of the molecule is O=C(NC1CCCCC1)NC1C[C@H]2CC[C@@H](C1)N2Cc1ccccc1. The van der Waals surface area contributed by atoms with Gasteiger partial charge in [-0.1, -0.05) is 49.6 Å². The van der Waals surface area contributed by atoms with Crippen molar-refractivity contribution in [3.05, 3.63) is 35.9 Å². The fourth-order valence-corrected chi connectivity index (χ4v) is 5.10. The van der Waals surface area contributed by atoms with E-state index in [1.807, 2.05) is 0 Å². The number of hydrogen-bond donors (Lipinski definition) is 2. The average Bonchev–Trinajstić information content (AvgIpc) is 2.86. The van der Waals surface area contributed by atoms with Gasteiger partial charge < -0.3 is 10.6 Å². The summed E-state index contributed by atoms with van der Waals surface area (Å²) in [7, 11) is 0. The lowest BCUT2D eigenvalue weighted by molar-refractivity contribution is 0.111. The Bertz CT molecular complexity index is 556. The van der Waals surface area contributed by atoms with Crippen molar-refractivity contribution >= 4 is 6.03 Å². The van der Waals surface area contributed by atoms with Gasteiger partial charge in [0, 0.05) is 30.7 Å². The third kappa shape index (κ3) is 4.17. The number of nitrogens with zero attached hydrogens (tertiary/aromatic N) is 1. The second-order valence-electron chi connectivity index (χ2n) is 8.16. The van der Waals surface area contributed by atoms with Gasteiger partial charge in [0.1, 0.15) is 0 Å². The van der Waals surface area contributed by atoms with Gasteiger partial charge in [0.15, 0.2) is 0 Å². The highest BCUT2D eigenvalue weighted by Crippen LogP contribution is 2.36. The van der Waals surface area contributed by atoms with E-state index in [4.69, 9.17) is 0 Å². The van der Waals surface area contributed by atoms with Crippen LogP contribution in [-0.4, -0.2) is 35.1 Å². The largest absolute Gasteiger partial charge is 0.335 e. The van der Waals surface area contributed by atoms with Gasteiger partial charge in [-0.3, -0.25) is 4.90 Å². The highest BCUT2D eigenvalue weighted by Gasteiger charge is 2.40. The predicted molar refractivity (Wildman–Crippen MR) is 100 cm³/mol. The second kappa shape index (κ2) is 7.77. The molecule has 1 saturated carbocycles. The molecule has 4 heteroatoms. The molecule has 1 aromatic carbocycles. The van der Waals surface area contributed by atoms with Crippen molar-refractivity contribution in [3.63, 3.8) is 0 Å². The summed E-state index contributed by atoms with van der Waals surface area (Å²) in [5.41, 5.74) is 1.40. The van der Waals surface area contributed by atoms with Crippen molar-refractivity contribution < 1.29 is 4.79 Å². The molecule has 1 unspecified atom stereocenters. The van der Waals surface area contributed by atoms with Crippen LogP contribution in [0.25, 0.3) is 0 Å². The van der Waals surface area contributed by atoms with Gasteiger partial charge in [0.25, 0.3) is 0 Å². The first-order valence-electron chi connectivity index (χ1n) is 10.1. The zero-order valence-corrected chi connectivity index (χ0v) is 15.1. The molecule has 2 heterocycles. The predicted octanol–water partition coefficient (Wildman–Crippen LogP) is 3.81. The minimum atomic E-state index is 0.0628. The molecule has 3 atom stereocenters. The molecular weight excluding hydrogens is 310 g/mol. The van der Waals surface area contributed by atoms with Crippen LogP contribution in [-0.2, 0) is 6.54 Å². The van der Waals surface area contributed by atoms with E-state index in [1.165, 1.54) is 37.7 Å². The van der Waals surface area contributed by atoms with Gasteiger partial charge in [0.05, 0.1) is 0 Å². The van der Waals surface area contributed by atoms with Crippen LogP contribution in [0.1, 0.15) is 63.4 Å². The first kappa shape index (κ1) is 16.9. The lowest BCUT2D eigenvalue weighted by atomic mass is 9.95. The van der Waals surface area contributed by atoms with Gasteiger partial charge in [-0.05, 0) is 44.1 Å². The maximum Gasteiger partial charge on any atom is 0.315 e. The summed E-state index contributed by atoms with van der Waals surface area (Å²) in [5, 5.41) is 6.48. The molecular formula is C21H31N3O. The lowest BCUT2D eigenvalue weighted by Crippen LogP contribution is -2.53. The molecule has 2 saturated heterocycles. The topological polar surface area (TPSA) is 44.4 Å². The van der Waals surface area contributed by atoms with Crippen LogP contribution in [0.15, 0.2) is 30.3 Å². The fraction of sp³-hybridized carbons (Fsp3) is 0.667. The minimum absolute atomic E-state index is 0.0628. The van der Waals surface area contributed by atoms with Crippen LogP contribution >= 0.6 is 0 Å². The van der Waals surface area contributed by atoms with Crippen LogP contribution in [0.4, 0.5) is 4.79 Å². The third-order valence-electron chi connectivity index (χ3n) is 6.37. The molecule has 4 rings (SSSR count). The molecule has 136 valence electrons.